The second kappa shape index (κ2) is 9.14. The van der Waals surface area contributed by atoms with Crippen molar-refractivity contribution in [1.29, 1.82) is 0 Å². The Balaban J connectivity index is 1.69. The lowest BCUT2D eigenvalue weighted by Crippen LogP contribution is -2.41. The quantitative estimate of drug-likeness (QED) is 0.335. The van der Waals surface area contributed by atoms with Gasteiger partial charge in [-0.05, 0) is 24.0 Å². The van der Waals surface area contributed by atoms with E-state index in [1.165, 1.54) is 12.1 Å². The minimum Gasteiger partial charge on any atom is -0.465 e. The van der Waals surface area contributed by atoms with Crippen molar-refractivity contribution >= 4 is 17.6 Å². The maximum Gasteiger partial charge on any atom is 0.315 e. The Kier molecular flexibility index (Phi) is 6.39. The van der Waals surface area contributed by atoms with E-state index >= 15 is 0 Å². The third-order valence-corrected chi connectivity index (χ3v) is 4.94. The van der Waals surface area contributed by atoms with Gasteiger partial charge < -0.3 is 10.1 Å². The molecule has 2 aromatic rings. The van der Waals surface area contributed by atoms with Crippen molar-refractivity contribution in [3.63, 3.8) is 0 Å². The van der Waals surface area contributed by atoms with Gasteiger partial charge in [-0.3, -0.25) is 19.7 Å². The molecule has 0 saturated carbocycles. The van der Waals surface area contributed by atoms with Crippen LogP contribution in [0.25, 0.3) is 0 Å². The van der Waals surface area contributed by atoms with Gasteiger partial charge in [0.2, 0.25) is 5.91 Å². The van der Waals surface area contributed by atoms with Gasteiger partial charge >= 0.3 is 5.97 Å². The van der Waals surface area contributed by atoms with E-state index in [-0.39, 0.29) is 30.3 Å². The molecule has 1 fully saturated rings. The Labute approximate surface area is 168 Å². The average Bonchev–Trinajstić information content (AvgIpc) is 2.71. The third-order valence-electron chi connectivity index (χ3n) is 4.94. The molecule has 0 unspecified atom stereocenters. The van der Waals surface area contributed by atoms with Crippen LogP contribution in [0.1, 0.15) is 29.9 Å². The summed E-state index contributed by atoms with van der Waals surface area (Å²) in [6.45, 7) is 4.05. The van der Waals surface area contributed by atoms with Gasteiger partial charge in [-0.1, -0.05) is 49.0 Å². The van der Waals surface area contributed by atoms with Crippen molar-refractivity contribution in [3.05, 3.63) is 88.1 Å². The number of carbonyl (C=O) groups is 2. The number of nitrogens with zero attached hydrogens (tertiary/aromatic N) is 1. The van der Waals surface area contributed by atoms with Crippen LogP contribution in [0.5, 0.6) is 0 Å². The molecule has 7 nitrogen and oxygen atoms in total. The van der Waals surface area contributed by atoms with E-state index in [1.807, 2.05) is 30.3 Å². The Bertz CT molecular complexity index is 926. The van der Waals surface area contributed by atoms with E-state index in [4.69, 9.17) is 4.74 Å². The van der Waals surface area contributed by atoms with Crippen LogP contribution < -0.4 is 5.32 Å². The highest BCUT2D eigenvalue weighted by Gasteiger charge is 2.39. The number of hydrogen-bond donors (Lipinski definition) is 1. The molecule has 0 aromatic heterocycles. The number of nitrogens with one attached hydrogen (secondary N) is 1. The number of amides is 1. The van der Waals surface area contributed by atoms with Crippen LogP contribution >= 0.6 is 0 Å². The number of nitro benzene ring substituents is 1. The summed E-state index contributed by atoms with van der Waals surface area (Å²) in [5, 5.41) is 13.7. The number of benzene rings is 2. The Morgan fingerprint density at radius 3 is 2.69 bits per heavy atom. The fourth-order valence-electron chi connectivity index (χ4n) is 3.54. The van der Waals surface area contributed by atoms with Crippen LogP contribution in [0.2, 0.25) is 0 Å². The lowest BCUT2D eigenvalue weighted by Gasteiger charge is -2.32. The first kappa shape index (κ1) is 20.3. The Hall–Kier alpha value is -3.48. The molecular formula is C22H22N2O5. The van der Waals surface area contributed by atoms with E-state index < -0.39 is 22.7 Å². The number of nitro groups is 1. The predicted molar refractivity (Wildman–Crippen MR) is 107 cm³/mol. The first-order chi connectivity index (χ1) is 14.0. The largest absolute Gasteiger partial charge is 0.465 e. The molecule has 3 rings (SSSR count). The van der Waals surface area contributed by atoms with Gasteiger partial charge in [0.1, 0.15) is 5.92 Å². The number of carbonyl (C=O) groups excluding carboxylic acids is 2. The molecule has 1 aliphatic rings. The summed E-state index contributed by atoms with van der Waals surface area (Å²) in [5.41, 5.74) is 1.87. The molecule has 7 heteroatoms. The van der Waals surface area contributed by atoms with Gasteiger partial charge in [0, 0.05) is 30.2 Å². The van der Waals surface area contributed by atoms with Crippen LogP contribution in [0.15, 0.2) is 66.9 Å². The van der Waals surface area contributed by atoms with Crippen LogP contribution in [0.4, 0.5) is 5.69 Å². The van der Waals surface area contributed by atoms with Crippen LogP contribution in [-0.4, -0.2) is 23.4 Å². The molecule has 1 saturated heterocycles. The van der Waals surface area contributed by atoms with E-state index in [1.54, 1.807) is 12.1 Å². The summed E-state index contributed by atoms with van der Waals surface area (Å²) in [6.07, 6.45) is 1.48. The van der Waals surface area contributed by atoms with E-state index in [9.17, 15) is 19.7 Å². The number of esters is 1. The molecule has 2 atom stereocenters. The van der Waals surface area contributed by atoms with Gasteiger partial charge in [0.15, 0.2) is 0 Å². The SMILES string of the molecule is C=C1NC(=O)C[C@H](c2cccc([N+](=O)[O-])c2)[C@H]1C(=O)OCCCc1ccccc1. The monoisotopic (exact) mass is 394 g/mol. The molecule has 150 valence electrons. The summed E-state index contributed by atoms with van der Waals surface area (Å²) in [4.78, 5) is 35.4. The maximum atomic E-state index is 12.8. The molecule has 0 spiro atoms. The number of rotatable bonds is 7. The lowest BCUT2D eigenvalue weighted by atomic mass is 9.79. The van der Waals surface area contributed by atoms with Gasteiger partial charge in [-0.15, -0.1) is 0 Å². The highest BCUT2D eigenvalue weighted by Crippen LogP contribution is 2.37. The van der Waals surface area contributed by atoms with Crippen LogP contribution in [0.3, 0.4) is 0 Å². The van der Waals surface area contributed by atoms with Crippen LogP contribution in [-0.2, 0) is 20.7 Å². The first-order valence-electron chi connectivity index (χ1n) is 9.39. The van der Waals surface area contributed by atoms with Gasteiger partial charge in [0.05, 0.1) is 11.5 Å². The van der Waals surface area contributed by atoms with Crippen molar-refractivity contribution in [1.82, 2.24) is 5.32 Å². The minimum absolute atomic E-state index is 0.0317. The summed E-state index contributed by atoms with van der Waals surface area (Å²) in [5.74, 6) is -2.11. The van der Waals surface area contributed by atoms with Crippen molar-refractivity contribution in [2.75, 3.05) is 6.61 Å². The lowest BCUT2D eigenvalue weighted by molar-refractivity contribution is -0.384. The fourth-order valence-corrected chi connectivity index (χ4v) is 3.54. The zero-order valence-corrected chi connectivity index (χ0v) is 15.9. The Morgan fingerprint density at radius 2 is 1.97 bits per heavy atom. The van der Waals surface area contributed by atoms with E-state index in [0.29, 0.717) is 12.0 Å². The normalized spacial score (nSPS) is 18.8. The smallest absolute Gasteiger partial charge is 0.315 e. The number of piperidine rings is 1. The van der Waals surface area contributed by atoms with Crippen molar-refractivity contribution in [3.8, 4) is 0 Å². The highest BCUT2D eigenvalue weighted by molar-refractivity contribution is 5.86. The minimum atomic E-state index is -0.786. The highest BCUT2D eigenvalue weighted by atomic mass is 16.6. The topological polar surface area (TPSA) is 98.5 Å². The summed E-state index contributed by atoms with van der Waals surface area (Å²) in [7, 11) is 0. The molecule has 1 N–H and O–H groups in total. The summed E-state index contributed by atoms with van der Waals surface area (Å²) >= 11 is 0. The molecular weight excluding hydrogens is 372 g/mol. The van der Waals surface area contributed by atoms with Crippen molar-refractivity contribution in [2.24, 2.45) is 5.92 Å². The van der Waals surface area contributed by atoms with Crippen molar-refractivity contribution in [2.45, 2.75) is 25.2 Å². The summed E-state index contributed by atoms with van der Waals surface area (Å²) in [6, 6.07) is 15.9. The van der Waals surface area contributed by atoms with Gasteiger partial charge in [0.25, 0.3) is 5.69 Å². The first-order valence-corrected chi connectivity index (χ1v) is 9.39. The molecule has 29 heavy (non-hydrogen) atoms. The zero-order chi connectivity index (χ0) is 20.8. The van der Waals surface area contributed by atoms with Gasteiger partial charge in [-0.2, -0.15) is 0 Å². The molecule has 1 amide bonds. The molecule has 1 heterocycles. The van der Waals surface area contributed by atoms with E-state index in [2.05, 4.69) is 11.9 Å². The number of non-ortho nitro benzene ring substituents is 1. The maximum absolute atomic E-state index is 12.8. The molecule has 1 aliphatic heterocycles. The van der Waals surface area contributed by atoms with Crippen LogP contribution in [0, 0.1) is 16.0 Å². The molecule has 0 bridgehead atoms. The molecule has 2 aromatic carbocycles. The fraction of sp³-hybridized carbons (Fsp3) is 0.273. The van der Waals surface area contributed by atoms with Crippen molar-refractivity contribution < 1.29 is 19.2 Å². The van der Waals surface area contributed by atoms with E-state index in [0.717, 1.165) is 12.0 Å². The molecule has 0 aliphatic carbocycles. The molecule has 0 radical (unpaired) electrons. The number of ether oxygens (including phenoxy) is 1. The Morgan fingerprint density at radius 1 is 1.21 bits per heavy atom. The van der Waals surface area contributed by atoms with Gasteiger partial charge in [-0.25, -0.2) is 0 Å². The third kappa shape index (κ3) is 5.07. The average molecular weight is 394 g/mol. The second-order valence-corrected chi connectivity index (χ2v) is 6.97. The standard InChI is InChI=1S/C22H22N2O5/c1-15-21(22(26)29-12-6-9-16-7-3-2-4-8-16)19(14-20(25)23-15)17-10-5-11-18(13-17)24(27)28/h2-5,7-8,10-11,13,19,21H,1,6,9,12,14H2,(H,23,25)/t19-,21+/m1/s1. The summed E-state index contributed by atoms with van der Waals surface area (Å²) < 4.78 is 5.45. The number of hydrogen-bond acceptors (Lipinski definition) is 5. The second-order valence-electron chi connectivity index (χ2n) is 6.97. The number of aryl methyl sites for hydroxylation is 1. The predicted octanol–water partition coefficient (Wildman–Crippen LogP) is 3.50. The zero-order valence-electron chi connectivity index (χ0n) is 15.9.